The maximum Gasteiger partial charge on any atom is 0.143 e. The molecule has 10 aromatic carbocycles. The first-order valence-corrected chi connectivity index (χ1v) is 19.2. The van der Waals surface area contributed by atoms with Gasteiger partial charge in [-0.3, -0.25) is 0 Å². The molecule has 0 unspecified atom stereocenters. The Morgan fingerprint density at radius 2 is 0.768 bits per heavy atom. The van der Waals surface area contributed by atoms with Gasteiger partial charge in [-0.1, -0.05) is 164 Å². The highest BCUT2D eigenvalue weighted by Crippen LogP contribution is 2.43. The normalized spacial score (nSPS) is 11.6. The van der Waals surface area contributed by atoms with Gasteiger partial charge in [0, 0.05) is 33.4 Å². The van der Waals surface area contributed by atoms with Crippen LogP contribution in [0.1, 0.15) is 0 Å². The minimum absolute atomic E-state index is 0.906. The summed E-state index contributed by atoms with van der Waals surface area (Å²) >= 11 is 0. The third-order valence-corrected chi connectivity index (χ3v) is 11.2. The van der Waals surface area contributed by atoms with Crippen molar-refractivity contribution in [2.75, 3.05) is 4.90 Å². The van der Waals surface area contributed by atoms with E-state index in [1.807, 2.05) is 12.1 Å². The van der Waals surface area contributed by atoms with Crippen molar-refractivity contribution in [3.8, 4) is 33.4 Å². The van der Waals surface area contributed by atoms with Crippen LogP contribution in [0.5, 0.6) is 0 Å². The number of hydrogen-bond acceptors (Lipinski definition) is 2. The van der Waals surface area contributed by atoms with Crippen molar-refractivity contribution < 1.29 is 4.42 Å². The third kappa shape index (κ3) is 5.34. The first kappa shape index (κ1) is 32.0. The van der Waals surface area contributed by atoms with E-state index in [-0.39, 0.29) is 0 Å². The first-order chi connectivity index (χ1) is 27.8. The predicted molar refractivity (Wildman–Crippen MR) is 237 cm³/mol. The van der Waals surface area contributed by atoms with Gasteiger partial charge in [0.05, 0.1) is 0 Å². The Bertz CT molecular complexity index is 3210. The SMILES string of the molecule is c1ccc(-c2cccc(-c3cccc(N(c4ccc(-c5cccc6c5oc5ccccc56)cc4)c4ccc5c6ccccc6c6ccccc6c5c4)c3)c2)cc1. The molecule has 1 heterocycles. The van der Waals surface area contributed by atoms with E-state index in [1.165, 1.54) is 49.0 Å². The van der Waals surface area contributed by atoms with Crippen molar-refractivity contribution in [1.82, 2.24) is 0 Å². The van der Waals surface area contributed by atoms with Crippen LogP contribution in [0.15, 0.2) is 217 Å². The molecule has 2 nitrogen and oxygen atoms in total. The molecule has 0 N–H and O–H groups in total. The predicted octanol–water partition coefficient (Wildman–Crippen LogP) is 15.5. The lowest BCUT2D eigenvalue weighted by Crippen LogP contribution is -2.10. The van der Waals surface area contributed by atoms with Gasteiger partial charge in [-0.15, -0.1) is 0 Å². The van der Waals surface area contributed by atoms with Crippen molar-refractivity contribution in [2.45, 2.75) is 0 Å². The van der Waals surface area contributed by atoms with Crippen LogP contribution < -0.4 is 4.90 Å². The summed E-state index contributed by atoms with van der Waals surface area (Å²) in [6.07, 6.45) is 0. The quantitative estimate of drug-likeness (QED) is 0.160. The van der Waals surface area contributed by atoms with Gasteiger partial charge in [-0.05, 0) is 109 Å². The van der Waals surface area contributed by atoms with Crippen LogP contribution in [0.4, 0.5) is 17.1 Å². The number of benzene rings is 10. The summed E-state index contributed by atoms with van der Waals surface area (Å²) in [6.45, 7) is 0. The highest BCUT2D eigenvalue weighted by Gasteiger charge is 2.18. The Morgan fingerprint density at radius 1 is 0.268 bits per heavy atom. The molecule has 262 valence electrons. The minimum Gasteiger partial charge on any atom is -0.455 e. The summed E-state index contributed by atoms with van der Waals surface area (Å²) in [5.74, 6) is 0. The maximum atomic E-state index is 6.44. The van der Waals surface area contributed by atoms with Gasteiger partial charge in [0.15, 0.2) is 0 Å². The monoisotopic (exact) mass is 713 g/mol. The molecule has 0 aliphatic carbocycles. The summed E-state index contributed by atoms with van der Waals surface area (Å²) in [5, 5.41) is 9.83. The Labute approximate surface area is 325 Å². The Hall–Kier alpha value is -7.42. The summed E-state index contributed by atoms with van der Waals surface area (Å²) in [7, 11) is 0. The fourth-order valence-electron chi connectivity index (χ4n) is 8.58. The summed E-state index contributed by atoms with van der Waals surface area (Å²) in [5.41, 5.74) is 12.0. The lowest BCUT2D eigenvalue weighted by atomic mass is 9.94. The Morgan fingerprint density at radius 3 is 1.50 bits per heavy atom. The van der Waals surface area contributed by atoms with Crippen molar-refractivity contribution in [3.63, 3.8) is 0 Å². The molecular weight excluding hydrogens is 679 g/mol. The molecule has 11 rings (SSSR count). The lowest BCUT2D eigenvalue weighted by molar-refractivity contribution is 0.670. The van der Waals surface area contributed by atoms with Gasteiger partial charge >= 0.3 is 0 Å². The highest BCUT2D eigenvalue weighted by molar-refractivity contribution is 6.25. The standard InChI is InChI=1S/C54H35NO/c1-2-13-36(14-3-1)38-15-10-16-39(33-38)40-17-11-18-42(34-40)55(43-31-32-49-47-21-5-4-19-45(47)46-20-6-7-22-48(46)52(49)35-43)41-29-27-37(28-30-41)44-24-12-25-51-50-23-8-9-26-53(50)56-54(44)51/h1-35H. The molecule has 0 aliphatic rings. The fourth-order valence-corrected chi connectivity index (χ4v) is 8.58. The number of para-hydroxylation sites is 2. The van der Waals surface area contributed by atoms with Gasteiger partial charge in [0.2, 0.25) is 0 Å². The van der Waals surface area contributed by atoms with Gasteiger partial charge in [0.25, 0.3) is 0 Å². The molecule has 0 saturated heterocycles. The van der Waals surface area contributed by atoms with Crippen molar-refractivity contribution in [3.05, 3.63) is 212 Å². The maximum absolute atomic E-state index is 6.44. The molecule has 11 aromatic rings. The lowest BCUT2D eigenvalue weighted by Gasteiger charge is -2.27. The van der Waals surface area contributed by atoms with Gasteiger partial charge in [-0.2, -0.15) is 0 Å². The van der Waals surface area contributed by atoms with Gasteiger partial charge in [-0.25, -0.2) is 0 Å². The molecule has 0 fully saturated rings. The van der Waals surface area contributed by atoms with E-state index in [0.29, 0.717) is 0 Å². The van der Waals surface area contributed by atoms with E-state index in [1.54, 1.807) is 0 Å². The van der Waals surface area contributed by atoms with Crippen LogP contribution in [0.25, 0.3) is 87.6 Å². The molecule has 0 bridgehead atoms. The second kappa shape index (κ2) is 13.2. The molecule has 1 aromatic heterocycles. The minimum atomic E-state index is 0.906. The molecule has 56 heavy (non-hydrogen) atoms. The zero-order valence-corrected chi connectivity index (χ0v) is 30.6. The summed E-state index contributed by atoms with van der Waals surface area (Å²) in [6, 6.07) is 76.5. The van der Waals surface area contributed by atoms with E-state index < -0.39 is 0 Å². The second-order valence-corrected chi connectivity index (χ2v) is 14.5. The van der Waals surface area contributed by atoms with E-state index in [4.69, 9.17) is 4.42 Å². The summed E-state index contributed by atoms with van der Waals surface area (Å²) in [4.78, 5) is 2.39. The van der Waals surface area contributed by atoms with E-state index >= 15 is 0 Å². The first-order valence-electron chi connectivity index (χ1n) is 19.2. The second-order valence-electron chi connectivity index (χ2n) is 14.5. The zero-order valence-electron chi connectivity index (χ0n) is 30.6. The number of hydrogen-bond donors (Lipinski definition) is 0. The number of nitrogens with zero attached hydrogens (tertiary/aromatic N) is 1. The Kier molecular flexibility index (Phi) is 7.53. The van der Waals surface area contributed by atoms with Crippen molar-refractivity contribution >= 4 is 71.3 Å². The van der Waals surface area contributed by atoms with Crippen LogP contribution in [-0.2, 0) is 0 Å². The van der Waals surface area contributed by atoms with Crippen LogP contribution >= 0.6 is 0 Å². The summed E-state index contributed by atoms with van der Waals surface area (Å²) < 4.78 is 6.44. The van der Waals surface area contributed by atoms with Crippen LogP contribution in [-0.4, -0.2) is 0 Å². The number of rotatable bonds is 6. The van der Waals surface area contributed by atoms with E-state index in [2.05, 4.69) is 205 Å². The van der Waals surface area contributed by atoms with E-state index in [0.717, 1.165) is 55.7 Å². The molecule has 0 saturated carbocycles. The Balaban J connectivity index is 1.08. The molecular formula is C54H35NO. The fraction of sp³-hybridized carbons (Fsp3) is 0. The largest absolute Gasteiger partial charge is 0.455 e. The molecule has 2 heteroatoms. The van der Waals surface area contributed by atoms with Crippen molar-refractivity contribution in [1.29, 1.82) is 0 Å². The van der Waals surface area contributed by atoms with E-state index in [9.17, 15) is 0 Å². The third-order valence-electron chi connectivity index (χ3n) is 11.2. The molecule has 0 amide bonds. The van der Waals surface area contributed by atoms with Crippen LogP contribution in [0.3, 0.4) is 0 Å². The zero-order chi connectivity index (χ0) is 37.0. The smallest absolute Gasteiger partial charge is 0.143 e. The number of furan rings is 1. The average Bonchev–Trinajstić information content (AvgIpc) is 3.66. The molecule has 0 atom stereocenters. The van der Waals surface area contributed by atoms with Crippen LogP contribution in [0, 0.1) is 0 Å². The number of anilines is 3. The van der Waals surface area contributed by atoms with Crippen LogP contribution in [0.2, 0.25) is 0 Å². The topological polar surface area (TPSA) is 16.4 Å². The molecule has 0 aliphatic heterocycles. The number of fused-ring (bicyclic) bond motifs is 9. The van der Waals surface area contributed by atoms with Gasteiger partial charge < -0.3 is 9.32 Å². The molecule has 0 spiro atoms. The van der Waals surface area contributed by atoms with Crippen molar-refractivity contribution in [2.24, 2.45) is 0 Å². The van der Waals surface area contributed by atoms with Gasteiger partial charge in [0.1, 0.15) is 11.2 Å². The highest BCUT2D eigenvalue weighted by atomic mass is 16.3. The molecule has 0 radical (unpaired) electrons. The average molecular weight is 714 g/mol.